The molecule has 6 heteroatoms. The first-order valence-electron chi connectivity index (χ1n) is 7.43. The van der Waals surface area contributed by atoms with Gasteiger partial charge < -0.3 is 10.3 Å². The zero-order valence-corrected chi connectivity index (χ0v) is 12.1. The fraction of sp³-hybridized carbons (Fsp3) is 0.312. The van der Waals surface area contributed by atoms with E-state index in [9.17, 15) is 0 Å². The first-order chi connectivity index (χ1) is 10.7. The van der Waals surface area contributed by atoms with Gasteiger partial charge in [0.15, 0.2) is 5.82 Å². The average molecular weight is 295 g/mol. The van der Waals surface area contributed by atoms with Crippen molar-refractivity contribution in [3.05, 3.63) is 54.1 Å². The molecule has 0 unspecified atom stereocenters. The van der Waals surface area contributed by atoms with Crippen LogP contribution in [0.3, 0.4) is 0 Å². The van der Waals surface area contributed by atoms with Crippen molar-refractivity contribution in [2.24, 2.45) is 5.73 Å². The minimum atomic E-state index is -0.404. The molecule has 0 amide bonds. The molecule has 6 nitrogen and oxygen atoms in total. The molecule has 0 radical (unpaired) electrons. The molecule has 112 valence electrons. The van der Waals surface area contributed by atoms with Gasteiger partial charge in [-0.3, -0.25) is 4.68 Å². The monoisotopic (exact) mass is 295 g/mol. The van der Waals surface area contributed by atoms with E-state index in [1.54, 1.807) is 6.20 Å². The molecule has 1 aliphatic rings. The molecule has 2 N–H and O–H groups in total. The van der Waals surface area contributed by atoms with Gasteiger partial charge in [-0.1, -0.05) is 23.4 Å². The highest BCUT2D eigenvalue weighted by molar-refractivity contribution is 5.58. The van der Waals surface area contributed by atoms with E-state index in [-0.39, 0.29) is 0 Å². The fourth-order valence-corrected chi connectivity index (χ4v) is 2.75. The molecule has 0 spiro atoms. The van der Waals surface area contributed by atoms with Crippen molar-refractivity contribution >= 4 is 0 Å². The summed E-state index contributed by atoms with van der Waals surface area (Å²) in [6, 6.07) is 9.90. The first kappa shape index (κ1) is 13.2. The molecule has 0 bridgehead atoms. The van der Waals surface area contributed by atoms with E-state index in [2.05, 4.69) is 15.2 Å². The summed E-state index contributed by atoms with van der Waals surface area (Å²) in [7, 11) is 0. The van der Waals surface area contributed by atoms with Gasteiger partial charge in [0, 0.05) is 18.0 Å². The number of nitrogens with two attached hydrogens (primary N) is 1. The standard InChI is InChI=1S/C16H17N5O/c17-16(7-3-8-16)15-19-14(22-20-15)13-6-2-1-5-12(13)11-21-10-4-9-18-21/h1-2,4-6,9-10H,3,7-8,11,17H2. The Morgan fingerprint density at radius 2 is 2.09 bits per heavy atom. The molecule has 2 aromatic heterocycles. The molecule has 4 rings (SSSR count). The van der Waals surface area contributed by atoms with Crippen LogP contribution in [0.4, 0.5) is 0 Å². The summed E-state index contributed by atoms with van der Waals surface area (Å²) >= 11 is 0. The van der Waals surface area contributed by atoms with Crippen molar-refractivity contribution in [1.82, 2.24) is 19.9 Å². The van der Waals surface area contributed by atoms with Gasteiger partial charge in [-0.2, -0.15) is 10.1 Å². The van der Waals surface area contributed by atoms with Crippen molar-refractivity contribution in [2.45, 2.75) is 31.3 Å². The van der Waals surface area contributed by atoms with Crippen molar-refractivity contribution in [3.8, 4) is 11.5 Å². The lowest BCUT2D eigenvalue weighted by molar-refractivity contribution is 0.229. The molecule has 3 aromatic rings. The zero-order valence-electron chi connectivity index (χ0n) is 12.1. The van der Waals surface area contributed by atoms with E-state index in [4.69, 9.17) is 10.3 Å². The van der Waals surface area contributed by atoms with Crippen LogP contribution in [-0.4, -0.2) is 19.9 Å². The molecule has 0 aliphatic heterocycles. The zero-order chi connectivity index (χ0) is 15.0. The minimum Gasteiger partial charge on any atom is -0.334 e. The van der Waals surface area contributed by atoms with Crippen LogP contribution in [0, 0.1) is 0 Å². The fourth-order valence-electron chi connectivity index (χ4n) is 2.75. The molecule has 1 aliphatic carbocycles. The molecule has 1 aromatic carbocycles. The predicted molar refractivity (Wildman–Crippen MR) is 80.8 cm³/mol. The Kier molecular flexibility index (Phi) is 3.04. The lowest BCUT2D eigenvalue weighted by Crippen LogP contribution is -2.44. The van der Waals surface area contributed by atoms with Crippen molar-refractivity contribution in [3.63, 3.8) is 0 Å². The van der Waals surface area contributed by atoms with Crippen molar-refractivity contribution in [2.75, 3.05) is 0 Å². The van der Waals surface area contributed by atoms with Gasteiger partial charge in [0.2, 0.25) is 0 Å². The van der Waals surface area contributed by atoms with Crippen LogP contribution in [0.1, 0.15) is 30.7 Å². The van der Waals surface area contributed by atoms with Crippen LogP contribution in [0.25, 0.3) is 11.5 Å². The van der Waals surface area contributed by atoms with E-state index in [1.807, 2.05) is 41.2 Å². The maximum atomic E-state index is 6.26. The van der Waals surface area contributed by atoms with Crippen LogP contribution < -0.4 is 5.73 Å². The van der Waals surface area contributed by atoms with Crippen molar-refractivity contribution in [1.29, 1.82) is 0 Å². The van der Waals surface area contributed by atoms with Gasteiger partial charge in [-0.05, 0) is 37.0 Å². The summed E-state index contributed by atoms with van der Waals surface area (Å²) in [5.41, 5.74) is 7.87. The molecular weight excluding hydrogens is 278 g/mol. The number of hydrogen-bond acceptors (Lipinski definition) is 5. The van der Waals surface area contributed by atoms with Crippen LogP contribution >= 0.6 is 0 Å². The van der Waals surface area contributed by atoms with Gasteiger partial charge in [-0.15, -0.1) is 0 Å². The third-order valence-electron chi connectivity index (χ3n) is 4.26. The highest BCUT2D eigenvalue weighted by Gasteiger charge is 2.39. The topological polar surface area (TPSA) is 82.8 Å². The number of rotatable bonds is 4. The number of hydrogen-bond donors (Lipinski definition) is 1. The van der Waals surface area contributed by atoms with E-state index in [1.165, 1.54) is 0 Å². The van der Waals surface area contributed by atoms with Crippen LogP contribution in [0.2, 0.25) is 0 Å². The second-order valence-corrected chi connectivity index (χ2v) is 5.79. The number of nitrogens with zero attached hydrogens (tertiary/aromatic N) is 4. The predicted octanol–water partition coefficient (Wildman–Crippen LogP) is 2.32. The lowest BCUT2D eigenvalue weighted by Gasteiger charge is -2.34. The highest BCUT2D eigenvalue weighted by Crippen LogP contribution is 2.37. The largest absolute Gasteiger partial charge is 0.334 e. The van der Waals surface area contributed by atoms with E-state index >= 15 is 0 Å². The SMILES string of the molecule is NC1(c2noc(-c3ccccc3Cn3cccn3)n2)CCC1. The molecule has 1 fully saturated rings. The highest BCUT2D eigenvalue weighted by atomic mass is 16.5. The Morgan fingerprint density at radius 1 is 1.23 bits per heavy atom. The van der Waals surface area contributed by atoms with E-state index in [0.29, 0.717) is 18.3 Å². The van der Waals surface area contributed by atoms with E-state index in [0.717, 1.165) is 30.4 Å². The normalized spacial score (nSPS) is 16.4. The third kappa shape index (κ3) is 2.21. The second-order valence-electron chi connectivity index (χ2n) is 5.79. The number of aromatic nitrogens is 4. The molecule has 1 saturated carbocycles. The molecule has 2 heterocycles. The van der Waals surface area contributed by atoms with Crippen LogP contribution in [0.15, 0.2) is 47.2 Å². The summed E-state index contributed by atoms with van der Waals surface area (Å²) in [6.07, 6.45) is 6.65. The average Bonchev–Trinajstić information content (AvgIpc) is 3.17. The Balaban J connectivity index is 1.68. The molecule has 0 atom stereocenters. The minimum absolute atomic E-state index is 0.404. The second kappa shape index (κ2) is 5.06. The van der Waals surface area contributed by atoms with Crippen molar-refractivity contribution < 1.29 is 4.52 Å². The third-order valence-corrected chi connectivity index (χ3v) is 4.26. The van der Waals surface area contributed by atoms with Gasteiger partial charge in [0.25, 0.3) is 5.89 Å². The molecular formula is C16H17N5O. The lowest BCUT2D eigenvalue weighted by atomic mass is 9.77. The summed E-state index contributed by atoms with van der Waals surface area (Å²) in [5.74, 6) is 1.14. The number of benzene rings is 1. The summed E-state index contributed by atoms with van der Waals surface area (Å²) in [5, 5.41) is 8.33. The van der Waals surface area contributed by atoms with Gasteiger partial charge in [0.1, 0.15) is 0 Å². The maximum absolute atomic E-state index is 6.26. The Morgan fingerprint density at radius 3 is 2.82 bits per heavy atom. The van der Waals surface area contributed by atoms with Gasteiger partial charge in [0.05, 0.1) is 12.1 Å². The van der Waals surface area contributed by atoms with Gasteiger partial charge in [-0.25, -0.2) is 0 Å². The quantitative estimate of drug-likeness (QED) is 0.798. The smallest absolute Gasteiger partial charge is 0.258 e. The summed E-state index contributed by atoms with van der Waals surface area (Å²) in [4.78, 5) is 4.53. The first-order valence-corrected chi connectivity index (χ1v) is 7.43. The Labute approximate surface area is 127 Å². The van der Waals surface area contributed by atoms with E-state index < -0.39 is 5.54 Å². The summed E-state index contributed by atoms with van der Waals surface area (Å²) in [6.45, 7) is 0.661. The Hall–Kier alpha value is -2.47. The molecule has 0 saturated heterocycles. The summed E-state index contributed by atoms with van der Waals surface area (Å²) < 4.78 is 7.33. The Bertz CT molecular complexity index is 773. The van der Waals surface area contributed by atoms with Gasteiger partial charge >= 0.3 is 0 Å². The van der Waals surface area contributed by atoms with Crippen LogP contribution in [0.5, 0.6) is 0 Å². The maximum Gasteiger partial charge on any atom is 0.258 e. The molecule has 22 heavy (non-hydrogen) atoms. The van der Waals surface area contributed by atoms with Crippen LogP contribution in [-0.2, 0) is 12.1 Å².